The molecule has 0 fully saturated rings. The zero-order valence-electron chi connectivity index (χ0n) is 9.82. The highest BCUT2D eigenvalue weighted by molar-refractivity contribution is 6.63. The van der Waals surface area contributed by atoms with Gasteiger partial charge in [0, 0.05) is 11.8 Å². The van der Waals surface area contributed by atoms with Crippen LogP contribution in [0, 0.1) is 6.92 Å². The standard InChI is InChI=1S/C15H15ClO/c1-12-5-7-13(8-6-12)15(11-14(16)17)9-3-2-4-10-15/h2-9H,10-11H2,1H3. The number of hydrogen-bond donors (Lipinski definition) is 0. The van der Waals surface area contributed by atoms with E-state index in [4.69, 9.17) is 11.6 Å². The Hall–Kier alpha value is -1.34. The van der Waals surface area contributed by atoms with Crippen molar-refractivity contribution >= 4 is 16.8 Å². The molecule has 1 aliphatic rings. The van der Waals surface area contributed by atoms with Crippen LogP contribution in [-0.2, 0) is 10.2 Å². The fraction of sp³-hybridized carbons (Fsp3) is 0.267. The Labute approximate surface area is 107 Å². The van der Waals surface area contributed by atoms with E-state index in [1.165, 1.54) is 5.56 Å². The van der Waals surface area contributed by atoms with Crippen molar-refractivity contribution in [2.24, 2.45) is 0 Å². The van der Waals surface area contributed by atoms with E-state index in [0.29, 0.717) is 6.42 Å². The highest BCUT2D eigenvalue weighted by atomic mass is 35.5. The normalized spacial score (nSPS) is 22.7. The Morgan fingerprint density at radius 3 is 2.53 bits per heavy atom. The third kappa shape index (κ3) is 2.67. The van der Waals surface area contributed by atoms with E-state index in [9.17, 15) is 4.79 Å². The maximum Gasteiger partial charge on any atom is 0.222 e. The molecule has 1 atom stereocenters. The summed E-state index contributed by atoms with van der Waals surface area (Å²) in [4.78, 5) is 11.3. The molecule has 0 aliphatic heterocycles. The first-order chi connectivity index (χ1) is 8.12. The summed E-state index contributed by atoms with van der Waals surface area (Å²) in [6.07, 6.45) is 9.33. The predicted octanol–water partition coefficient (Wildman–Crippen LogP) is 3.90. The minimum absolute atomic E-state index is 0.263. The molecule has 0 heterocycles. The number of hydrogen-bond acceptors (Lipinski definition) is 1. The summed E-state index contributed by atoms with van der Waals surface area (Å²) in [7, 11) is 0. The third-order valence-electron chi connectivity index (χ3n) is 3.23. The van der Waals surface area contributed by atoms with Gasteiger partial charge in [-0.1, -0.05) is 54.1 Å². The van der Waals surface area contributed by atoms with Gasteiger partial charge in [-0.3, -0.25) is 4.79 Å². The molecule has 0 saturated heterocycles. The number of carbonyl (C=O) groups excluding carboxylic acids is 1. The second-order valence-corrected chi connectivity index (χ2v) is 4.97. The van der Waals surface area contributed by atoms with Crippen LogP contribution >= 0.6 is 11.6 Å². The maximum absolute atomic E-state index is 11.3. The van der Waals surface area contributed by atoms with Crippen molar-refractivity contribution in [1.82, 2.24) is 0 Å². The van der Waals surface area contributed by atoms with Gasteiger partial charge in [0.1, 0.15) is 0 Å². The van der Waals surface area contributed by atoms with Crippen molar-refractivity contribution in [2.45, 2.75) is 25.2 Å². The number of aryl methyl sites for hydroxylation is 1. The molecule has 1 aromatic carbocycles. The van der Waals surface area contributed by atoms with Crippen LogP contribution in [-0.4, -0.2) is 5.24 Å². The van der Waals surface area contributed by atoms with Crippen LogP contribution in [0.4, 0.5) is 0 Å². The van der Waals surface area contributed by atoms with Crippen LogP contribution in [0.1, 0.15) is 24.0 Å². The zero-order chi connectivity index (χ0) is 12.3. The SMILES string of the molecule is Cc1ccc(C2(CC(=O)Cl)C=CC=CC2)cc1. The van der Waals surface area contributed by atoms with Gasteiger partial charge in [-0.15, -0.1) is 0 Å². The lowest BCUT2D eigenvalue weighted by Gasteiger charge is -2.30. The maximum atomic E-state index is 11.3. The molecule has 17 heavy (non-hydrogen) atoms. The predicted molar refractivity (Wildman–Crippen MR) is 71.2 cm³/mol. The average molecular weight is 247 g/mol. The molecule has 2 rings (SSSR count). The van der Waals surface area contributed by atoms with Crippen LogP contribution in [0.5, 0.6) is 0 Å². The van der Waals surface area contributed by atoms with Gasteiger partial charge in [0.05, 0.1) is 0 Å². The summed E-state index contributed by atoms with van der Waals surface area (Å²) >= 11 is 5.58. The molecule has 0 aromatic heterocycles. The molecule has 0 radical (unpaired) electrons. The molecule has 0 saturated carbocycles. The van der Waals surface area contributed by atoms with Gasteiger partial charge < -0.3 is 0 Å². The minimum Gasteiger partial charge on any atom is -0.281 e. The van der Waals surface area contributed by atoms with E-state index < -0.39 is 0 Å². The van der Waals surface area contributed by atoms with E-state index in [0.717, 1.165) is 12.0 Å². The van der Waals surface area contributed by atoms with Gasteiger partial charge in [0.25, 0.3) is 0 Å². The second kappa shape index (κ2) is 4.89. The first kappa shape index (κ1) is 12.1. The lowest BCUT2D eigenvalue weighted by atomic mass is 9.73. The molecule has 0 N–H and O–H groups in total. The first-order valence-electron chi connectivity index (χ1n) is 5.72. The van der Waals surface area contributed by atoms with E-state index in [1.54, 1.807) is 0 Å². The van der Waals surface area contributed by atoms with Gasteiger partial charge >= 0.3 is 0 Å². The van der Waals surface area contributed by atoms with Crippen molar-refractivity contribution in [3.05, 3.63) is 59.7 Å². The van der Waals surface area contributed by atoms with E-state index in [-0.39, 0.29) is 10.7 Å². The molecule has 0 bridgehead atoms. The number of halogens is 1. The van der Waals surface area contributed by atoms with Gasteiger partial charge in [-0.25, -0.2) is 0 Å². The Bertz CT molecular complexity index is 470. The lowest BCUT2D eigenvalue weighted by molar-refractivity contribution is -0.112. The largest absolute Gasteiger partial charge is 0.281 e. The van der Waals surface area contributed by atoms with Crippen LogP contribution < -0.4 is 0 Å². The Morgan fingerprint density at radius 2 is 2.00 bits per heavy atom. The fourth-order valence-corrected chi connectivity index (χ4v) is 2.48. The van der Waals surface area contributed by atoms with E-state index >= 15 is 0 Å². The second-order valence-electron chi connectivity index (χ2n) is 4.55. The van der Waals surface area contributed by atoms with Crippen molar-refractivity contribution in [3.8, 4) is 0 Å². The van der Waals surface area contributed by atoms with Crippen LogP contribution in [0.3, 0.4) is 0 Å². The van der Waals surface area contributed by atoms with E-state index in [1.807, 2.05) is 12.2 Å². The van der Waals surface area contributed by atoms with E-state index in [2.05, 4.69) is 43.3 Å². The summed E-state index contributed by atoms with van der Waals surface area (Å²) in [6.45, 7) is 2.06. The molecule has 0 spiro atoms. The summed E-state index contributed by atoms with van der Waals surface area (Å²) in [5, 5.41) is -0.287. The average Bonchev–Trinajstić information content (AvgIpc) is 2.30. The Morgan fingerprint density at radius 1 is 1.29 bits per heavy atom. The molecule has 88 valence electrons. The Kier molecular flexibility index (Phi) is 3.49. The first-order valence-corrected chi connectivity index (χ1v) is 6.10. The highest BCUT2D eigenvalue weighted by Crippen LogP contribution is 2.36. The summed E-state index contributed by atoms with van der Waals surface area (Å²) in [5.41, 5.74) is 2.11. The number of allylic oxidation sites excluding steroid dienone is 4. The smallest absolute Gasteiger partial charge is 0.222 e. The molecule has 1 nitrogen and oxygen atoms in total. The summed E-state index contributed by atoms with van der Waals surface area (Å²) in [6, 6.07) is 8.31. The highest BCUT2D eigenvalue weighted by Gasteiger charge is 2.31. The van der Waals surface area contributed by atoms with Gasteiger partial charge in [-0.05, 0) is 30.5 Å². The van der Waals surface area contributed by atoms with Crippen molar-refractivity contribution in [2.75, 3.05) is 0 Å². The molecule has 1 aliphatic carbocycles. The van der Waals surface area contributed by atoms with Crippen LogP contribution in [0.2, 0.25) is 0 Å². The zero-order valence-corrected chi connectivity index (χ0v) is 10.6. The van der Waals surface area contributed by atoms with Gasteiger partial charge in [0.15, 0.2) is 0 Å². The molecular formula is C15H15ClO. The summed E-state index contributed by atoms with van der Waals surface area (Å²) < 4.78 is 0. The summed E-state index contributed by atoms with van der Waals surface area (Å²) in [5.74, 6) is 0. The van der Waals surface area contributed by atoms with Crippen molar-refractivity contribution < 1.29 is 4.79 Å². The molecular weight excluding hydrogens is 232 g/mol. The van der Waals surface area contributed by atoms with Gasteiger partial charge in [0.2, 0.25) is 5.24 Å². The Balaban J connectivity index is 2.39. The van der Waals surface area contributed by atoms with Crippen molar-refractivity contribution in [3.63, 3.8) is 0 Å². The van der Waals surface area contributed by atoms with Crippen LogP contribution in [0.15, 0.2) is 48.6 Å². The van der Waals surface area contributed by atoms with Crippen molar-refractivity contribution in [1.29, 1.82) is 0 Å². The fourth-order valence-electron chi connectivity index (χ4n) is 2.25. The number of benzene rings is 1. The molecule has 1 aromatic rings. The minimum atomic E-state index is -0.287. The number of carbonyl (C=O) groups is 1. The third-order valence-corrected chi connectivity index (χ3v) is 3.36. The molecule has 1 unspecified atom stereocenters. The quantitative estimate of drug-likeness (QED) is 0.740. The lowest BCUT2D eigenvalue weighted by Crippen LogP contribution is -2.26. The van der Waals surface area contributed by atoms with Gasteiger partial charge in [-0.2, -0.15) is 0 Å². The number of rotatable bonds is 3. The van der Waals surface area contributed by atoms with Crippen LogP contribution in [0.25, 0.3) is 0 Å². The molecule has 2 heteroatoms. The monoisotopic (exact) mass is 246 g/mol. The molecule has 0 amide bonds. The topological polar surface area (TPSA) is 17.1 Å².